The van der Waals surface area contributed by atoms with E-state index in [9.17, 15) is 0 Å². The summed E-state index contributed by atoms with van der Waals surface area (Å²) in [5.74, 6) is 1.28. The van der Waals surface area contributed by atoms with Crippen LogP contribution in [0.5, 0.6) is 5.88 Å². The van der Waals surface area contributed by atoms with E-state index in [-0.39, 0.29) is 6.04 Å². The molecule has 0 fully saturated rings. The Labute approximate surface area is 123 Å². The fourth-order valence-electron chi connectivity index (χ4n) is 2.90. The highest BCUT2D eigenvalue weighted by Gasteiger charge is 2.34. The second-order valence-corrected chi connectivity index (χ2v) is 5.05. The van der Waals surface area contributed by atoms with E-state index in [1.54, 1.807) is 11.8 Å². The van der Waals surface area contributed by atoms with Crippen molar-refractivity contribution in [2.24, 2.45) is 17.8 Å². The van der Waals surface area contributed by atoms with Crippen molar-refractivity contribution < 1.29 is 4.74 Å². The lowest BCUT2D eigenvalue weighted by atomic mass is 10.1. The zero-order valence-electron chi connectivity index (χ0n) is 12.4. The zero-order valence-corrected chi connectivity index (χ0v) is 12.4. The molecule has 0 aliphatic carbocycles. The number of guanidine groups is 1. The first-order valence-corrected chi connectivity index (χ1v) is 6.85. The molecule has 6 heteroatoms. The van der Waals surface area contributed by atoms with Crippen molar-refractivity contribution in [3.63, 3.8) is 0 Å². The van der Waals surface area contributed by atoms with Gasteiger partial charge in [-0.2, -0.15) is 5.10 Å². The van der Waals surface area contributed by atoms with E-state index >= 15 is 0 Å². The largest absolute Gasteiger partial charge is 0.481 e. The van der Waals surface area contributed by atoms with Gasteiger partial charge in [0.15, 0.2) is 5.96 Å². The standard InChI is InChI=1S/C15H19N5O/c1-10-13(14(21-3)19(2)18-10)12-9-17-15(16)20(12)11-7-5-4-6-8-11/h4-8,12H,9H2,1-3H3,(H2,16,17). The Kier molecular flexibility index (Phi) is 3.29. The van der Waals surface area contributed by atoms with E-state index in [2.05, 4.69) is 10.1 Å². The van der Waals surface area contributed by atoms with Crippen molar-refractivity contribution in [3.05, 3.63) is 41.6 Å². The van der Waals surface area contributed by atoms with Crippen molar-refractivity contribution in [2.75, 3.05) is 18.6 Å². The van der Waals surface area contributed by atoms with E-state index < -0.39 is 0 Å². The molecule has 0 saturated heterocycles. The number of aromatic nitrogens is 2. The zero-order chi connectivity index (χ0) is 15.0. The molecule has 1 aromatic heterocycles. The van der Waals surface area contributed by atoms with E-state index in [0.29, 0.717) is 12.5 Å². The molecule has 1 aliphatic rings. The molecule has 110 valence electrons. The normalized spacial score (nSPS) is 18.0. The minimum Gasteiger partial charge on any atom is -0.481 e. The Hall–Kier alpha value is -2.50. The van der Waals surface area contributed by atoms with Crippen LogP contribution in [-0.4, -0.2) is 29.4 Å². The van der Waals surface area contributed by atoms with E-state index in [1.165, 1.54) is 0 Å². The first-order chi connectivity index (χ1) is 10.1. The lowest BCUT2D eigenvalue weighted by Gasteiger charge is -2.26. The van der Waals surface area contributed by atoms with Gasteiger partial charge in [-0.3, -0.25) is 4.99 Å². The Balaban J connectivity index is 2.07. The van der Waals surface area contributed by atoms with E-state index in [1.807, 2.05) is 49.2 Å². The maximum absolute atomic E-state index is 6.10. The second kappa shape index (κ2) is 5.12. The molecule has 6 nitrogen and oxygen atoms in total. The number of hydrogen-bond acceptors (Lipinski definition) is 5. The van der Waals surface area contributed by atoms with Gasteiger partial charge in [-0.15, -0.1) is 0 Å². The van der Waals surface area contributed by atoms with Gasteiger partial charge in [-0.1, -0.05) is 18.2 Å². The molecule has 2 N–H and O–H groups in total. The summed E-state index contributed by atoms with van der Waals surface area (Å²) in [7, 11) is 3.54. The molecule has 1 atom stereocenters. The molecule has 3 rings (SSSR count). The molecule has 0 radical (unpaired) electrons. The maximum atomic E-state index is 6.10. The predicted octanol–water partition coefficient (Wildman–Crippen LogP) is 1.61. The number of methoxy groups -OCH3 is 1. The second-order valence-electron chi connectivity index (χ2n) is 5.05. The van der Waals surface area contributed by atoms with Gasteiger partial charge < -0.3 is 15.4 Å². The number of benzene rings is 1. The van der Waals surface area contributed by atoms with Gasteiger partial charge in [0.2, 0.25) is 5.88 Å². The molecular weight excluding hydrogens is 266 g/mol. The van der Waals surface area contributed by atoms with Gasteiger partial charge in [0, 0.05) is 12.7 Å². The number of aryl methyl sites for hydroxylation is 2. The fourth-order valence-corrected chi connectivity index (χ4v) is 2.90. The molecule has 21 heavy (non-hydrogen) atoms. The molecule has 0 spiro atoms. The predicted molar refractivity (Wildman–Crippen MR) is 82.6 cm³/mol. The van der Waals surface area contributed by atoms with Gasteiger partial charge in [-0.25, -0.2) is 4.68 Å². The Morgan fingerprint density at radius 3 is 2.67 bits per heavy atom. The number of nitrogens with two attached hydrogens (primary N) is 1. The summed E-state index contributed by atoms with van der Waals surface area (Å²) in [5, 5.41) is 4.45. The van der Waals surface area contributed by atoms with Crippen LogP contribution in [-0.2, 0) is 7.05 Å². The van der Waals surface area contributed by atoms with Crippen LogP contribution in [0.25, 0.3) is 0 Å². The lowest BCUT2D eigenvalue weighted by molar-refractivity contribution is 0.367. The van der Waals surface area contributed by atoms with Crippen LogP contribution in [0.15, 0.2) is 35.3 Å². The van der Waals surface area contributed by atoms with Crippen molar-refractivity contribution in [3.8, 4) is 5.88 Å². The van der Waals surface area contributed by atoms with Gasteiger partial charge in [0.05, 0.1) is 31.0 Å². The molecule has 1 unspecified atom stereocenters. The number of aliphatic imine (C=N–C) groups is 1. The van der Waals surface area contributed by atoms with Crippen LogP contribution in [0, 0.1) is 6.92 Å². The number of anilines is 1. The van der Waals surface area contributed by atoms with Crippen molar-refractivity contribution in [2.45, 2.75) is 13.0 Å². The smallest absolute Gasteiger partial charge is 0.216 e. The minimum atomic E-state index is 0.0102. The van der Waals surface area contributed by atoms with E-state index in [0.717, 1.165) is 22.8 Å². The summed E-state index contributed by atoms with van der Waals surface area (Å²) >= 11 is 0. The SMILES string of the molecule is COc1c(C2CN=C(N)N2c2ccccc2)c(C)nn1C. The Morgan fingerprint density at radius 1 is 1.29 bits per heavy atom. The number of ether oxygens (including phenoxy) is 1. The fraction of sp³-hybridized carbons (Fsp3) is 0.333. The van der Waals surface area contributed by atoms with Gasteiger partial charge >= 0.3 is 0 Å². The average molecular weight is 285 g/mol. The number of rotatable bonds is 3. The summed E-state index contributed by atoms with van der Waals surface area (Å²) in [6.45, 7) is 2.58. The third-order valence-electron chi connectivity index (χ3n) is 3.76. The molecule has 2 aromatic rings. The highest BCUT2D eigenvalue weighted by atomic mass is 16.5. The highest BCUT2D eigenvalue weighted by molar-refractivity contribution is 5.97. The molecule has 2 heterocycles. The molecule has 1 aromatic carbocycles. The topological polar surface area (TPSA) is 68.7 Å². The minimum absolute atomic E-state index is 0.0102. The molecule has 0 amide bonds. The van der Waals surface area contributed by atoms with Gasteiger partial charge in [0.1, 0.15) is 0 Å². The first kappa shape index (κ1) is 13.5. The van der Waals surface area contributed by atoms with Crippen LogP contribution in [0.4, 0.5) is 5.69 Å². The summed E-state index contributed by atoms with van der Waals surface area (Å²) in [6, 6.07) is 10.0. The van der Waals surface area contributed by atoms with E-state index in [4.69, 9.17) is 10.5 Å². The molecular formula is C15H19N5O. The van der Waals surface area contributed by atoms with Crippen LogP contribution in [0.3, 0.4) is 0 Å². The quantitative estimate of drug-likeness (QED) is 0.930. The summed E-state index contributed by atoms with van der Waals surface area (Å²) in [5.41, 5.74) is 9.09. The van der Waals surface area contributed by atoms with Crippen LogP contribution < -0.4 is 15.4 Å². The average Bonchev–Trinajstić information content (AvgIpc) is 2.99. The van der Waals surface area contributed by atoms with Crippen LogP contribution >= 0.6 is 0 Å². The molecule has 1 aliphatic heterocycles. The highest BCUT2D eigenvalue weighted by Crippen LogP contribution is 2.37. The molecule has 0 bridgehead atoms. The van der Waals surface area contributed by atoms with Crippen molar-refractivity contribution in [1.29, 1.82) is 0 Å². The molecule has 0 saturated carbocycles. The van der Waals surface area contributed by atoms with Gasteiger partial charge in [-0.05, 0) is 19.1 Å². The number of para-hydroxylation sites is 1. The first-order valence-electron chi connectivity index (χ1n) is 6.85. The Bertz CT molecular complexity index is 677. The summed E-state index contributed by atoms with van der Waals surface area (Å²) in [6.07, 6.45) is 0. The van der Waals surface area contributed by atoms with Crippen molar-refractivity contribution in [1.82, 2.24) is 9.78 Å². The van der Waals surface area contributed by atoms with Crippen LogP contribution in [0.2, 0.25) is 0 Å². The lowest BCUT2D eigenvalue weighted by Crippen LogP contribution is -2.36. The Morgan fingerprint density at radius 2 is 2.00 bits per heavy atom. The van der Waals surface area contributed by atoms with Gasteiger partial charge in [0.25, 0.3) is 0 Å². The van der Waals surface area contributed by atoms with Crippen LogP contribution in [0.1, 0.15) is 17.3 Å². The third-order valence-corrected chi connectivity index (χ3v) is 3.76. The summed E-state index contributed by atoms with van der Waals surface area (Å²) < 4.78 is 7.26. The van der Waals surface area contributed by atoms with Crippen molar-refractivity contribution >= 4 is 11.6 Å². The monoisotopic (exact) mass is 285 g/mol. The maximum Gasteiger partial charge on any atom is 0.216 e. The number of nitrogens with zero attached hydrogens (tertiary/aromatic N) is 4. The summed E-state index contributed by atoms with van der Waals surface area (Å²) in [4.78, 5) is 6.44. The number of hydrogen-bond donors (Lipinski definition) is 1. The third kappa shape index (κ3) is 2.12.